The number of hydrogen-bond donors (Lipinski definition) is 1. The van der Waals surface area contributed by atoms with Gasteiger partial charge in [-0.25, -0.2) is 20.4 Å². The zero-order chi connectivity index (χ0) is 19.5. The van der Waals surface area contributed by atoms with Gasteiger partial charge < -0.3 is 10.1 Å². The molecule has 0 saturated carbocycles. The van der Waals surface area contributed by atoms with Gasteiger partial charge in [-0.1, -0.05) is 0 Å². The molecule has 3 heterocycles. The molecule has 11 heteroatoms. The predicted molar refractivity (Wildman–Crippen MR) is 102 cm³/mol. The smallest absolute Gasteiger partial charge is 0.145 e. The number of hydrogen-bond acceptors (Lipinski definition) is 7. The van der Waals surface area contributed by atoms with Gasteiger partial charge in [-0.15, -0.1) is 6.20 Å². The van der Waals surface area contributed by atoms with Crippen LogP contribution in [0.5, 0.6) is 5.75 Å². The van der Waals surface area contributed by atoms with Crippen molar-refractivity contribution in [2.75, 3.05) is 12.4 Å². The van der Waals surface area contributed by atoms with Crippen molar-refractivity contribution < 1.29 is 9.13 Å². The summed E-state index contributed by atoms with van der Waals surface area (Å²) in [5, 5.41) is 12.0. The van der Waals surface area contributed by atoms with Crippen LogP contribution in [0.15, 0.2) is 48.9 Å². The predicted octanol–water partition coefficient (Wildman–Crippen LogP) is 3.60. The van der Waals surface area contributed by atoms with Crippen LogP contribution < -0.4 is 10.1 Å². The van der Waals surface area contributed by atoms with E-state index in [1.54, 1.807) is 19.2 Å². The first-order valence-electron chi connectivity index (χ1n) is 8.56. The van der Waals surface area contributed by atoms with E-state index in [0.717, 1.165) is 16.6 Å². The van der Waals surface area contributed by atoms with E-state index in [-0.39, 0.29) is 6.04 Å². The first kappa shape index (κ1) is 22.4. The van der Waals surface area contributed by atoms with Crippen molar-refractivity contribution in [2.24, 2.45) is 0 Å². The Hall–Kier alpha value is -6.68. The molecule has 0 spiro atoms. The number of nitrogens with one attached hydrogen (secondary N) is 1. The summed E-state index contributed by atoms with van der Waals surface area (Å²) in [6, 6.07) is 10.1. The van der Waals surface area contributed by atoms with Crippen LogP contribution in [0.25, 0.3) is 22.2 Å². The van der Waals surface area contributed by atoms with Crippen LogP contribution in [0, 0.1) is 12.0 Å². The largest absolute Gasteiger partial charge is 0.494 e. The standard InChI is InChI=1S/C20H16FN6O.3Cf/c1-12(16-4-3-7-25-27-16)26-20-15-8-13(17-6-5-14(21)10-22-17)9-18(28-2)19(15)23-11-24-20;;;/h3-6,8-12H,1-2H3,(H,23,24,26);;;/q-1;;;. The number of methoxy groups -OCH3 is 1. The molecule has 0 fully saturated rings. The molecular weight excluding hydrogens is 1110 g/mol. The molecule has 0 aliphatic rings. The van der Waals surface area contributed by atoms with E-state index >= 15 is 0 Å². The first-order valence-corrected chi connectivity index (χ1v) is 8.56. The number of pyridine rings is 1. The number of aromatic nitrogens is 5. The van der Waals surface area contributed by atoms with E-state index in [9.17, 15) is 4.39 Å². The van der Waals surface area contributed by atoms with Crippen LogP contribution in [-0.2, 0) is 0 Å². The maximum absolute atomic E-state index is 13.2. The zero-order valence-corrected chi connectivity index (χ0v) is 24.1. The molecule has 1 unspecified atom stereocenters. The molecule has 3 aromatic heterocycles. The fraction of sp³-hybridized carbons (Fsp3) is 0.150. The number of benzene rings is 1. The van der Waals surface area contributed by atoms with Crippen LogP contribution in [0.4, 0.5) is 10.2 Å². The Bertz CT molecular complexity index is 1120. The molecule has 4 rings (SSSR count). The van der Waals surface area contributed by atoms with Crippen LogP contribution >= 0.6 is 0 Å². The maximum atomic E-state index is 13.2. The van der Waals surface area contributed by atoms with Crippen LogP contribution in [0.3, 0.4) is 0 Å². The molecule has 1 aromatic carbocycles. The molecule has 0 bridgehead atoms. The summed E-state index contributed by atoms with van der Waals surface area (Å²) in [6.07, 6.45) is 5.31. The fourth-order valence-electron chi connectivity index (χ4n) is 2.89. The molecule has 0 saturated heterocycles. The molecule has 4 aromatic rings. The third kappa shape index (κ3) is 4.02. The minimum atomic E-state index is -0.391. The minimum Gasteiger partial charge on any atom is -0.494 e. The maximum Gasteiger partial charge on any atom is 0.145 e. The summed E-state index contributed by atoms with van der Waals surface area (Å²) in [5.74, 6) is 0.803. The SMILES string of the molecule is COc1cc(-c2ccc(F)cn2)cc2c(NC(C)c3cc[c-]nn3)ncnc12.[Cf].[Cf].[Cf]. The third-order valence-corrected chi connectivity index (χ3v) is 4.30. The van der Waals surface area contributed by atoms with Gasteiger partial charge in [0.25, 0.3) is 0 Å². The van der Waals surface area contributed by atoms with Gasteiger partial charge in [-0.2, -0.15) is 11.2 Å². The molecule has 31 heavy (non-hydrogen) atoms. The molecular formula is C20H16Cf3FN6O-. The van der Waals surface area contributed by atoms with Crippen molar-refractivity contribution in [2.45, 2.75) is 13.0 Å². The summed E-state index contributed by atoms with van der Waals surface area (Å²) in [7, 11) is 1.57. The van der Waals surface area contributed by atoms with E-state index in [2.05, 4.69) is 36.7 Å². The van der Waals surface area contributed by atoms with Crippen LogP contribution in [-0.4, -0.2) is 32.3 Å². The first-order chi connectivity index (χ1) is 13.7. The van der Waals surface area contributed by atoms with Crippen LogP contribution in [0.1, 0.15) is 18.7 Å². The molecule has 1 N–H and O–H groups in total. The number of halogens is 1. The molecule has 7 nitrogen and oxygen atoms in total. The molecule has 0 amide bonds. The second kappa shape index (κ2) is 8.81. The Morgan fingerprint density at radius 3 is 2.52 bits per heavy atom. The Morgan fingerprint density at radius 1 is 1.06 bits per heavy atom. The monoisotopic (exact) mass is 1120 g/mol. The fourth-order valence-corrected chi connectivity index (χ4v) is 2.89. The minimum absolute atomic E-state index is 0. The molecule has 170 valence electrons. The molecule has 0 aliphatic carbocycles. The van der Waals surface area contributed by atoms with E-state index < -0.39 is 5.82 Å². The Morgan fingerprint density at radius 2 is 1.87 bits per heavy atom. The van der Waals surface area contributed by atoms with Crippen molar-refractivity contribution in [1.82, 2.24) is 25.1 Å². The molecule has 0 radical (unpaired) electrons. The van der Waals surface area contributed by atoms with E-state index in [1.165, 1.54) is 18.6 Å². The van der Waals surface area contributed by atoms with Gasteiger partial charge in [0.15, 0.2) is 0 Å². The Labute approximate surface area is 160 Å². The number of anilines is 1. The van der Waals surface area contributed by atoms with Crippen molar-refractivity contribution in [3.8, 4) is 17.0 Å². The molecule has 0 aliphatic heterocycles. The topological polar surface area (TPSA) is 85.7 Å². The Kier molecular flexibility index (Phi) is 6.35. The number of fused-ring (bicyclic) bond motifs is 1. The number of ether oxygens (including phenoxy) is 1. The van der Waals surface area contributed by atoms with Crippen molar-refractivity contribution in [3.63, 3.8) is 0 Å². The zero-order valence-electron chi connectivity index (χ0n) is 16.2. The van der Waals surface area contributed by atoms with Crippen molar-refractivity contribution in [1.29, 1.82) is 0 Å². The van der Waals surface area contributed by atoms with Gasteiger partial charge >= 0.3 is 0 Å². The second-order valence-corrected chi connectivity index (χ2v) is 6.11. The second-order valence-electron chi connectivity index (χ2n) is 6.11. The number of nitrogens with zero attached hydrogens (tertiary/aromatic N) is 5. The average molecular weight is 1130 g/mol. The van der Waals surface area contributed by atoms with Gasteiger partial charge in [0.05, 0.1) is 25.0 Å². The average Bonchev–Trinajstić information content (AvgIpc) is 2.74. The normalized spacial score (nSPS) is 10.8. The van der Waals surface area contributed by atoms with E-state index in [4.69, 9.17) is 4.74 Å². The van der Waals surface area contributed by atoms with E-state index in [1.807, 2.05) is 25.1 Å². The summed E-state index contributed by atoms with van der Waals surface area (Å²) in [6.45, 7) is 1.96. The van der Waals surface area contributed by atoms with Gasteiger partial charge in [-0.05, 0) is 31.2 Å². The summed E-state index contributed by atoms with van der Waals surface area (Å²) < 4.78 is 18.8. The number of rotatable bonds is 5. The van der Waals surface area contributed by atoms with Gasteiger partial charge in [0.2, 0.25) is 0 Å². The Balaban J connectivity index is 0.00000160. The van der Waals surface area contributed by atoms with Crippen molar-refractivity contribution in [3.05, 3.63) is 66.6 Å². The third-order valence-electron chi connectivity index (χ3n) is 4.30. The quantitative estimate of drug-likeness (QED) is 0.307. The summed E-state index contributed by atoms with van der Waals surface area (Å²) in [5.41, 5.74) is 2.80. The molecule has 1 atom stereocenters. The van der Waals surface area contributed by atoms with Gasteiger partial charge in [-0.3, -0.25) is 10.1 Å². The van der Waals surface area contributed by atoms with E-state index in [0.29, 0.717) is 22.8 Å². The van der Waals surface area contributed by atoms with Gasteiger partial charge in [0.1, 0.15) is 29.2 Å². The van der Waals surface area contributed by atoms with Crippen molar-refractivity contribution >= 4 is 16.7 Å². The summed E-state index contributed by atoms with van der Waals surface area (Å²) >= 11 is 0. The van der Waals surface area contributed by atoms with Gasteiger partial charge in [0, 0.05) is 16.6 Å². The van der Waals surface area contributed by atoms with Crippen LogP contribution in [0.2, 0.25) is 0 Å². The summed E-state index contributed by atoms with van der Waals surface area (Å²) in [4.78, 5) is 12.9.